The fourth-order valence-electron chi connectivity index (χ4n) is 1.80. The zero-order valence-electron chi connectivity index (χ0n) is 13.4. The monoisotopic (exact) mass is 333 g/mol. The molecule has 24 heavy (non-hydrogen) atoms. The third-order valence-corrected chi connectivity index (χ3v) is 3.17. The predicted molar refractivity (Wildman–Crippen MR) is 82.1 cm³/mol. The lowest BCUT2D eigenvalue weighted by Crippen LogP contribution is -2.25. The molecule has 1 amide bonds. The Hall–Kier alpha value is -3.03. The predicted octanol–water partition coefficient (Wildman–Crippen LogP) is 2.09. The van der Waals surface area contributed by atoms with Crippen LogP contribution >= 0.6 is 0 Å². The number of rotatable bonds is 5. The molecule has 7 nitrogen and oxygen atoms in total. The van der Waals surface area contributed by atoms with E-state index in [4.69, 9.17) is 4.52 Å². The smallest absolute Gasteiger partial charge is 0.330 e. The molecular formula is C16H16FN3O4. The van der Waals surface area contributed by atoms with Crippen molar-refractivity contribution < 1.29 is 23.2 Å². The van der Waals surface area contributed by atoms with Gasteiger partial charge in [-0.3, -0.25) is 4.79 Å². The van der Waals surface area contributed by atoms with Crippen LogP contribution in [-0.2, 0) is 14.3 Å². The van der Waals surface area contributed by atoms with E-state index in [9.17, 15) is 14.0 Å². The minimum absolute atomic E-state index is 0.158. The number of methoxy groups -OCH3 is 1. The van der Waals surface area contributed by atoms with Gasteiger partial charge in [0, 0.05) is 17.7 Å². The third kappa shape index (κ3) is 4.25. The Bertz CT molecular complexity index is 785. The van der Waals surface area contributed by atoms with Gasteiger partial charge in [-0.1, -0.05) is 17.3 Å². The molecule has 0 saturated heterocycles. The molecule has 0 saturated carbocycles. The molecule has 0 aliphatic heterocycles. The van der Waals surface area contributed by atoms with Crippen molar-refractivity contribution >= 4 is 11.9 Å². The van der Waals surface area contributed by atoms with E-state index in [-0.39, 0.29) is 17.5 Å². The summed E-state index contributed by atoms with van der Waals surface area (Å²) in [6.07, 6.45) is 2.03. The van der Waals surface area contributed by atoms with Crippen LogP contribution in [0.15, 0.2) is 34.9 Å². The molecule has 8 heteroatoms. The number of amides is 1. The second-order valence-electron chi connectivity index (χ2n) is 5.01. The van der Waals surface area contributed by atoms with E-state index in [0.29, 0.717) is 11.1 Å². The quantitative estimate of drug-likeness (QED) is 0.665. The Balaban J connectivity index is 2.06. The number of carbonyl (C=O) groups is 2. The van der Waals surface area contributed by atoms with Gasteiger partial charge < -0.3 is 14.6 Å². The van der Waals surface area contributed by atoms with Crippen LogP contribution in [-0.4, -0.2) is 29.1 Å². The highest BCUT2D eigenvalue weighted by molar-refractivity contribution is 5.94. The number of aromatic nitrogens is 2. The molecule has 0 aliphatic carbocycles. The van der Waals surface area contributed by atoms with Crippen LogP contribution < -0.4 is 5.32 Å². The topological polar surface area (TPSA) is 94.3 Å². The lowest BCUT2D eigenvalue weighted by Gasteiger charge is -2.06. The average Bonchev–Trinajstić information content (AvgIpc) is 3.05. The molecule has 1 unspecified atom stereocenters. The first-order valence-electron chi connectivity index (χ1n) is 7.07. The minimum Gasteiger partial charge on any atom is -0.466 e. The summed E-state index contributed by atoms with van der Waals surface area (Å²) >= 11 is 0. The molecular weight excluding hydrogens is 317 g/mol. The van der Waals surface area contributed by atoms with E-state index in [1.165, 1.54) is 13.2 Å². The van der Waals surface area contributed by atoms with Gasteiger partial charge in [0.2, 0.25) is 17.6 Å². The van der Waals surface area contributed by atoms with Gasteiger partial charge in [0.25, 0.3) is 0 Å². The standard InChI is InChI=1S/C16H16FN3O4/c1-9-4-5-11(8-12(9)17)15-19-16(24-20-15)10(2)18-13(21)6-7-14(22)23-3/h4-8,10H,1-3H3,(H,18,21)/b7-6+. The van der Waals surface area contributed by atoms with Gasteiger partial charge in [0.1, 0.15) is 11.9 Å². The van der Waals surface area contributed by atoms with Crippen molar-refractivity contribution in [3.8, 4) is 11.4 Å². The van der Waals surface area contributed by atoms with Crippen LogP contribution in [0.25, 0.3) is 11.4 Å². The summed E-state index contributed by atoms with van der Waals surface area (Å²) in [7, 11) is 1.21. The molecule has 2 aromatic rings. The van der Waals surface area contributed by atoms with Gasteiger partial charge in [0.15, 0.2) is 0 Å². The summed E-state index contributed by atoms with van der Waals surface area (Å²) in [4.78, 5) is 26.7. The van der Waals surface area contributed by atoms with Crippen molar-refractivity contribution in [2.24, 2.45) is 0 Å². The Morgan fingerprint density at radius 3 is 2.79 bits per heavy atom. The molecule has 0 fully saturated rings. The number of benzene rings is 1. The average molecular weight is 333 g/mol. The number of hydrogen-bond donors (Lipinski definition) is 1. The van der Waals surface area contributed by atoms with E-state index < -0.39 is 17.9 Å². The number of esters is 1. The third-order valence-electron chi connectivity index (χ3n) is 3.17. The fourth-order valence-corrected chi connectivity index (χ4v) is 1.80. The van der Waals surface area contributed by atoms with Crippen molar-refractivity contribution in [2.45, 2.75) is 19.9 Å². The second kappa shape index (κ2) is 7.49. The maximum atomic E-state index is 13.6. The van der Waals surface area contributed by atoms with Crippen LogP contribution in [0.4, 0.5) is 4.39 Å². The molecule has 0 spiro atoms. The maximum Gasteiger partial charge on any atom is 0.330 e. The first kappa shape index (κ1) is 17.3. The largest absolute Gasteiger partial charge is 0.466 e. The molecule has 1 heterocycles. The molecule has 126 valence electrons. The Kier molecular flexibility index (Phi) is 5.41. The molecule has 0 aliphatic rings. The zero-order valence-corrected chi connectivity index (χ0v) is 13.4. The Morgan fingerprint density at radius 1 is 1.38 bits per heavy atom. The summed E-state index contributed by atoms with van der Waals surface area (Å²) in [6.45, 7) is 3.29. The number of aryl methyl sites for hydroxylation is 1. The molecule has 0 bridgehead atoms. The van der Waals surface area contributed by atoms with Gasteiger partial charge in [-0.25, -0.2) is 9.18 Å². The van der Waals surface area contributed by atoms with E-state index in [1.54, 1.807) is 26.0 Å². The summed E-state index contributed by atoms with van der Waals surface area (Å²) < 4.78 is 23.1. The van der Waals surface area contributed by atoms with E-state index in [2.05, 4.69) is 20.2 Å². The van der Waals surface area contributed by atoms with Crippen LogP contribution in [0, 0.1) is 12.7 Å². The number of carbonyl (C=O) groups excluding carboxylic acids is 2. The first-order valence-corrected chi connectivity index (χ1v) is 7.07. The van der Waals surface area contributed by atoms with E-state index >= 15 is 0 Å². The number of nitrogens with one attached hydrogen (secondary N) is 1. The number of ether oxygens (including phenoxy) is 1. The van der Waals surface area contributed by atoms with Crippen molar-refractivity contribution in [1.29, 1.82) is 0 Å². The van der Waals surface area contributed by atoms with Crippen molar-refractivity contribution in [2.75, 3.05) is 7.11 Å². The van der Waals surface area contributed by atoms with E-state index in [0.717, 1.165) is 12.2 Å². The van der Waals surface area contributed by atoms with Gasteiger partial charge in [-0.2, -0.15) is 4.98 Å². The number of halogens is 1. The Labute approximate surface area is 137 Å². The summed E-state index contributed by atoms with van der Waals surface area (Å²) in [5.74, 6) is -1.15. The van der Waals surface area contributed by atoms with Gasteiger partial charge in [-0.05, 0) is 25.5 Å². The number of hydrogen-bond acceptors (Lipinski definition) is 6. The van der Waals surface area contributed by atoms with Crippen LogP contribution in [0.3, 0.4) is 0 Å². The van der Waals surface area contributed by atoms with Crippen LogP contribution in [0.5, 0.6) is 0 Å². The molecule has 1 atom stereocenters. The summed E-state index contributed by atoms with van der Waals surface area (Å²) in [6, 6.07) is 4.02. The van der Waals surface area contributed by atoms with Gasteiger partial charge in [0.05, 0.1) is 7.11 Å². The molecule has 1 aromatic heterocycles. The van der Waals surface area contributed by atoms with Gasteiger partial charge in [-0.15, -0.1) is 0 Å². The zero-order chi connectivity index (χ0) is 17.7. The van der Waals surface area contributed by atoms with Crippen molar-refractivity contribution in [3.05, 3.63) is 47.6 Å². The molecule has 2 rings (SSSR count). The highest BCUT2D eigenvalue weighted by Crippen LogP contribution is 2.20. The second-order valence-corrected chi connectivity index (χ2v) is 5.01. The van der Waals surface area contributed by atoms with Gasteiger partial charge >= 0.3 is 5.97 Å². The fraction of sp³-hybridized carbons (Fsp3) is 0.250. The van der Waals surface area contributed by atoms with Crippen LogP contribution in [0.2, 0.25) is 0 Å². The summed E-state index contributed by atoms with van der Waals surface area (Å²) in [5, 5.41) is 6.33. The van der Waals surface area contributed by atoms with E-state index in [1.807, 2.05) is 0 Å². The lowest BCUT2D eigenvalue weighted by atomic mass is 10.1. The Morgan fingerprint density at radius 2 is 2.12 bits per heavy atom. The molecule has 0 radical (unpaired) electrons. The van der Waals surface area contributed by atoms with Crippen molar-refractivity contribution in [3.63, 3.8) is 0 Å². The summed E-state index contributed by atoms with van der Waals surface area (Å²) in [5.41, 5.74) is 0.984. The number of nitrogens with zero attached hydrogens (tertiary/aromatic N) is 2. The maximum absolute atomic E-state index is 13.6. The highest BCUT2D eigenvalue weighted by atomic mass is 19.1. The van der Waals surface area contributed by atoms with Crippen LogP contribution in [0.1, 0.15) is 24.4 Å². The first-order chi connectivity index (χ1) is 11.4. The van der Waals surface area contributed by atoms with Crippen molar-refractivity contribution in [1.82, 2.24) is 15.5 Å². The molecule has 1 N–H and O–H groups in total. The minimum atomic E-state index is -0.640. The lowest BCUT2D eigenvalue weighted by molar-refractivity contribution is -0.135. The normalized spacial score (nSPS) is 12.2. The molecule has 1 aromatic carbocycles. The highest BCUT2D eigenvalue weighted by Gasteiger charge is 2.17. The SMILES string of the molecule is COC(=O)/C=C/C(=O)NC(C)c1nc(-c2ccc(C)c(F)c2)no1.